The summed E-state index contributed by atoms with van der Waals surface area (Å²) in [5, 5.41) is 3.79. The Bertz CT molecular complexity index is 397. The van der Waals surface area contributed by atoms with Gasteiger partial charge in [0.1, 0.15) is 0 Å². The van der Waals surface area contributed by atoms with Gasteiger partial charge in [-0.2, -0.15) is 0 Å². The SMILES string of the molecule is CCC1(NCc2cc(C)c(C)cc2C)CCC1. The fourth-order valence-electron chi connectivity index (χ4n) is 2.75. The van der Waals surface area contributed by atoms with E-state index in [0.717, 1.165) is 6.54 Å². The quantitative estimate of drug-likeness (QED) is 0.825. The summed E-state index contributed by atoms with van der Waals surface area (Å²) >= 11 is 0. The van der Waals surface area contributed by atoms with Crippen LogP contribution in [0.2, 0.25) is 0 Å². The molecule has 0 heterocycles. The molecule has 0 aliphatic heterocycles. The third-order valence-corrected chi connectivity index (χ3v) is 4.59. The van der Waals surface area contributed by atoms with Crippen LogP contribution in [-0.4, -0.2) is 5.54 Å². The van der Waals surface area contributed by atoms with E-state index >= 15 is 0 Å². The number of aryl methyl sites for hydroxylation is 3. The summed E-state index contributed by atoms with van der Waals surface area (Å²) in [5.41, 5.74) is 6.15. The molecule has 17 heavy (non-hydrogen) atoms. The first kappa shape index (κ1) is 12.6. The predicted molar refractivity (Wildman–Crippen MR) is 74.4 cm³/mol. The largest absolute Gasteiger partial charge is 0.307 e. The summed E-state index contributed by atoms with van der Waals surface area (Å²) in [6, 6.07) is 4.66. The molecular weight excluding hydrogens is 206 g/mol. The molecule has 0 saturated heterocycles. The number of rotatable bonds is 4. The van der Waals surface area contributed by atoms with E-state index in [9.17, 15) is 0 Å². The molecule has 1 saturated carbocycles. The van der Waals surface area contributed by atoms with E-state index in [0.29, 0.717) is 5.54 Å². The molecule has 1 aromatic rings. The minimum absolute atomic E-state index is 0.450. The lowest BCUT2D eigenvalue weighted by Gasteiger charge is -2.42. The summed E-state index contributed by atoms with van der Waals surface area (Å²) in [5.74, 6) is 0. The van der Waals surface area contributed by atoms with Gasteiger partial charge in [-0.05, 0) is 68.7 Å². The van der Waals surface area contributed by atoms with Crippen LogP contribution >= 0.6 is 0 Å². The topological polar surface area (TPSA) is 12.0 Å². The van der Waals surface area contributed by atoms with Crippen molar-refractivity contribution in [3.05, 3.63) is 34.4 Å². The summed E-state index contributed by atoms with van der Waals surface area (Å²) in [4.78, 5) is 0. The molecule has 1 aliphatic carbocycles. The highest BCUT2D eigenvalue weighted by Crippen LogP contribution is 2.35. The lowest BCUT2D eigenvalue weighted by Crippen LogP contribution is -2.49. The third-order valence-electron chi connectivity index (χ3n) is 4.59. The first-order chi connectivity index (χ1) is 8.06. The number of benzene rings is 1. The average Bonchev–Trinajstić information content (AvgIpc) is 2.24. The Morgan fingerprint density at radius 2 is 1.71 bits per heavy atom. The minimum Gasteiger partial charge on any atom is -0.307 e. The number of hydrogen-bond acceptors (Lipinski definition) is 1. The molecule has 0 atom stereocenters. The monoisotopic (exact) mass is 231 g/mol. The van der Waals surface area contributed by atoms with Crippen LogP contribution in [0.15, 0.2) is 12.1 Å². The molecular formula is C16H25N. The third kappa shape index (κ3) is 2.55. The molecule has 1 N–H and O–H groups in total. The van der Waals surface area contributed by atoms with Gasteiger partial charge in [0.2, 0.25) is 0 Å². The zero-order chi connectivity index (χ0) is 12.5. The van der Waals surface area contributed by atoms with E-state index in [1.807, 2.05) is 0 Å². The lowest BCUT2D eigenvalue weighted by atomic mass is 9.74. The van der Waals surface area contributed by atoms with Crippen molar-refractivity contribution in [1.82, 2.24) is 5.32 Å². The molecule has 0 unspecified atom stereocenters. The normalized spacial score (nSPS) is 17.9. The average molecular weight is 231 g/mol. The van der Waals surface area contributed by atoms with E-state index in [2.05, 4.69) is 45.1 Å². The van der Waals surface area contributed by atoms with Crippen molar-refractivity contribution in [3.63, 3.8) is 0 Å². The zero-order valence-electron chi connectivity index (χ0n) is 11.7. The van der Waals surface area contributed by atoms with Crippen LogP contribution < -0.4 is 5.32 Å². The van der Waals surface area contributed by atoms with Crippen LogP contribution in [0, 0.1) is 20.8 Å². The van der Waals surface area contributed by atoms with Crippen molar-refractivity contribution in [2.75, 3.05) is 0 Å². The van der Waals surface area contributed by atoms with Gasteiger partial charge in [0.05, 0.1) is 0 Å². The lowest BCUT2D eigenvalue weighted by molar-refractivity contribution is 0.175. The van der Waals surface area contributed by atoms with Gasteiger partial charge in [0.25, 0.3) is 0 Å². The maximum absolute atomic E-state index is 3.79. The Hall–Kier alpha value is -0.820. The molecule has 1 aromatic carbocycles. The second kappa shape index (κ2) is 4.81. The summed E-state index contributed by atoms with van der Waals surface area (Å²) in [7, 11) is 0. The minimum atomic E-state index is 0.450. The van der Waals surface area contributed by atoms with Gasteiger partial charge >= 0.3 is 0 Å². The molecule has 2 rings (SSSR count). The Morgan fingerprint density at radius 3 is 2.24 bits per heavy atom. The molecule has 1 heteroatoms. The van der Waals surface area contributed by atoms with Gasteiger partial charge in [-0.1, -0.05) is 19.1 Å². The molecule has 1 aliphatic rings. The standard InChI is InChI=1S/C16H25N/c1-5-16(7-6-8-16)17-11-15-10-13(3)12(2)9-14(15)4/h9-10,17H,5-8,11H2,1-4H3. The van der Waals surface area contributed by atoms with Crippen LogP contribution in [0.25, 0.3) is 0 Å². The summed E-state index contributed by atoms with van der Waals surface area (Å²) in [6.07, 6.45) is 5.37. The van der Waals surface area contributed by atoms with E-state index in [-0.39, 0.29) is 0 Å². The van der Waals surface area contributed by atoms with Gasteiger partial charge in [-0.3, -0.25) is 0 Å². The fourth-order valence-corrected chi connectivity index (χ4v) is 2.75. The molecule has 0 aromatic heterocycles. The van der Waals surface area contributed by atoms with Crippen LogP contribution in [0.4, 0.5) is 0 Å². The molecule has 0 radical (unpaired) electrons. The molecule has 0 bridgehead atoms. The predicted octanol–water partition coefficient (Wildman–Crippen LogP) is 4.03. The van der Waals surface area contributed by atoms with Gasteiger partial charge in [-0.25, -0.2) is 0 Å². The number of nitrogens with one attached hydrogen (secondary N) is 1. The first-order valence-electron chi connectivity index (χ1n) is 6.88. The van der Waals surface area contributed by atoms with Crippen molar-refractivity contribution in [3.8, 4) is 0 Å². The maximum Gasteiger partial charge on any atom is 0.0213 e. The Balaban J connectivity index is 2.06. The van der Waals surface area contributed by atoms with Crippen LogP contribution in [0.1, 0.15) is 54.9 Å². The molecule has 94 valence electrons. The highest BCUT2D eigenvalue weighted by molar-refractivity contribution is 5.36. The van der Waals surface area contributed by atoms with E-state index in [1.165, 1.54) is 47.9 Å². The highest BCUT2D eigenvalue weighted by atomic mass is 15.0. The molecule has 1 fully saturated rings. The maximum atomic E-state index is 3.79. The molecule has 0 spiro atoms. The van der Waals surface area contributed by atoms with Crippen molar-refractivity contribution in [1.29, 1.82) is 0 Å². The van der Waals surface area contributed by atoms with Crippen molar-refractivity contribution in [2.24, 2.45) is 0 Å². The molecule has 0 amide bonds. The van der Waals surface area contributed by atoms with Crippen molar-refractivity contribution >= 4 is 0 Å². The molecule has 1 nitrogen and oxygen atoms in total. The number of hydrogen-bond donors (Lipinski definition) is 1. The Kier molecular flexibility index (Phi) is 3.58. The first-order valence-corrected chi connectivity index (χ1v) is 6.88. The van der Waals surface area contributed by atoms with E-state index in [1.54, 1.807) is 0 Å². The Labute approximate surface area is 106 Å². The van der Waals surface area contributed by atoms with Crippen molar-refractivity contribution < 1.29 is 0 Å². The van der Waals surface area contributed by atoms with Crippen LogP contribution in [-0.2, 0) is 6.54 Å². The van der Waals surface area contributed by atoms with Gasteiger partial charge in [0, 0.05) is 12.1 Å². The van der Waals surface area contributed by atoms with Crippen LogP contribution in [0.5, 0.6) is 0 Å². The van der Waals surface area contributed by atoms with Crippen molar-refractivity contribution in [2.45, 2.75) is 65.5 Å². The van der Waals surface area contributed by atoms with Gasteiger partial charge in [-0.15, -0.1) is 0 Å². The van der Waals surface area contributed by atoms with Gasteiger partial charge in [0.15, 0.2) is 0 Å². The van der Waals surface area contributed by atoms with Crippen LogP contribution in [0.3, 0.4) is 0 Å². The summed E-state index contributed by atoms with van der Waals surface area (Å²) < 4.78 is 0. The van der Waals surface area contributed by atoms with E-state index < -0.39 is 0 Å². The van der Waals surface area contributed by atoms with E-state index in [4.69, 9.17) is 0 Å². The smallest absolute Gasteiger partial charge is 0.0213 e. The summed E-state index contributed by atoms with van der Waals surface area (Å²) in [6.45, 7) is 9.96. The second-order valence-electron chi connectivity index (χ2n) is 5.70. The Morgan fingerprint density at radius 1 is 1.06 bits per heavy atom. The van der Waals surface area contributed by atoms with Gasteiger partial charge < -0.3 is 5.32 Å². The fraction of sp³-hybridized carbons (Fsp3) is 0.625. The highest BCUT2D eigenvalue weighted by Gasteiger charge is 2.34. The zero-order valence-corrected chi connectivity index (χ0v) is 11.7. The second-order valence-corrected chi connectivity index (χ2v) is 5.70.